The van der Waals surface area contributed by atoms with Crippen molar-refractivity contribution >= 4 is 5.65 Å². The average Bonchev–Trinajstić information content (AvgIpc) is 3.18. The Labute approximate surface area is 194 Å². The van der Waals surface area contributed by atoms with E-state index in [9.17, 15) is 4.39 Å². The van der Waals surface area contributed by atoms with Crippen molar-refractivity contribution in [3.05, 3.63) is 72.1 Å². The predicted molar refractivity (Wildman–Crippen MR) is 130 cm³/mol. The fraction of sp³-hybridized carbons (Fsp3) is 0.370. The van der Waals surface area contributed by atoms with E-state index in [1.165, 1.54) is 17.7 Å². The first-order valence-corrected chi connectivity index (χ1v) is 11.6. The highest BCUT2D eigenvalue weighted by Crippen LogP contribution is 2.35. The normalized spacial score (nSPS) is 15.9. The molecule has 0 bridgehead atoms. The summed E-state index contributed by atoms with van der Waals surface area (Å²) in [6.45, 7) is 8.56. The lowest BCUT2D eigenvalue weighted by Gasteiger charge is -2.29. The average molecular weight is 444 g/mol. The molecule has 170 valence electrons. The van der Waals surface area contributed by atoms with E-state index in [-0.39, 0.29) is 11.2 Å². The Morgan fingerprint density at radius 3 is 2.39 bits per heavy atom. The second-order valence-corrected chi connectivity index (χ2v) is 10.1. The lowest BCUT2D eigenvalue weighted by Crippen LogP contribution is -2.29. The molecule has 1 aromatic carbocycles. The molecule has 0 saturated carbocycles. The monoisotopic (exact) mass is 443 g/mol. The zero-order chi connectivity index (χ0) is 23.2. The minimum absolute atomic E-state index is 0.173. The van der Waals surface area contributed by atoms with Gasteiger partial charge in [0.2, 0.25) is 0 Å². The highest BCUT2D eigenvalue weighted by atomic mass is 19.1. The van der Waals surface area contributed by atoms with Crippen LogP contribution in [0.5, 0.6) is 0 Å². The van der Waals surface area contributed by atoms with Crippen LogP contribution in [-0.2, 0) is 5.41 Å². The van der Waals surface area contributed by atoms with Gasteiger partial charge in [-0.2, -0.15) is 0 Å². The number of piperidine rings is 1. The summed E-state index contributed by atoms with van der Waals surface area (Å²) in [5, 5.41) is 0. The molecule has 0 atom stereocenters. The van der Waals surface area contributed by atoms with E-state index in [1.807, 2.05) is 12.3 Å². The maximum atomic E-state index is 13.7. The van der Waals surface area contributed by atoms with Gasteiger partial charge in [0.25, 0.3) is 0 Å². The smallest absolute Gasteiger partial charge is 0.138 e. The summed E-state index contributed by atoms with van der Waals surface area (Å²) >= 11 is 0. The lowest BCUT2D eigenvalue weighted by atomic mass is 9.90. The standard InChI is InChI=1S/C27H30FN5/c1-27(2,3)26-29-13-9-22(30-26)25-24(19-5-7-21(28)8-6-19)31-23-17-20(12-16-33(23)25)18-10-14-32(4)15-11-18/h5-9,12-13,16-18H,10-11,14-15H2,1-4H3. The molecule has 0 spiro atoms. The second kappa shape index (κ2) is 8.34. The lowest BCUT2D eigenvalue weighted by molar-refractivity contribution is 0.255. The number of imidazole rings is 1. The van der Waals surface area contributed by atoms with Crippen LogP contribution in [0.2, 0.25) is 0 Å². The van der Waals surface area contributed by atoms with Crippen molar-refractivity contribution in [2.45, 2.75) is 44.9 Å². The van der Waals surface area contributed by atoms with Gasteiger partial charge in [-0.3, -0.25) is 4.40 Å². The Bertz CT molecular complexity index is 1280. The van der Waals surface area contributed by atoms with Gasteiger partial charge in [-0.25, -0.2) is 19.3 Å². The third-order valence-electron chi connectivity index (χ3n) is 6.53. The zero-order valence-electron chi connectivity index (χ0n) is 19.7. The molecular weight excluding hydrogens is 413 g/mol. The molecule has 6 heteroatoms. The van der Waals surface area contributed by atoms with Gasteiger partial charge >= 0.3 is 0 Å². The van der Waals surface area contributed by atoms with Crippen molar-refractivity contribution in [2.75, 3.05) is 20.1 Å². The number of nitrogens with zero attached hydrogens (tertiary/aromatic N) is 5. The van der Waals surface area contributed by atoms with E-state index >= 15 is 0 Å². The molecule has 0 N–H and O–H groups in total. The Balaban J connectivity index is 1.67. The zero-order valence-corrected chi connectivity index (χ0v) is 19.7. The summed E-state index contributed by atoms with van der Waals surface area (Å²) in [6.07, 6.45) is 6.23. The third-order valence-corrected chi connectivity index (χ3v) is 6.53. The van der Waals surface area contributed by atoms with Crippen LogP contribution in [0.15, 0.2) is 54.9 Å². The van der Waals surface area contributed by atoms with Crippen molar-refractivity contribution in [3.63, 3.8) is 0 Å². The fourth-order valence-electron chi connectivity index (χ4n) is 4.56. The first-order valence-electron chi connectivity index (χ1n) is 11.6. The van der Waals surface area contributed by atoms with Crippen LogP contribution in [0.25, 0.3) is 28.3 Å². The summed E-state index contributed by atoms with van der Waals surface area (Å²) in [5.41, 5.74) is 5.43. The van der Waals surface area contributed by atoms with Crippen molar-refractivity contribution < 1.29 is 4.39 Å². The van der Waals surface area contributed by atoms with Crippen LogP contribution in [-0.4, -0.2) is 44.4 Å². The second-order valence-electron chi connectivity index (χ2n) is 10.1. The van der Waals surface area contributed by atoms with Crippen molar-refractivity contribution in [2.24, 2.45) is 0 Å². The molecule has 1 saturated heterocycles. The molecule has 33 heavy (non-hydrogen) atoms. The number of hydrogen-bond acceptors (Lipinski definition) is 4. The van der Waals surface area contributed by atoms with Crippen LogP contribution in [0, 0.1) is 5.82 Å². The van der Waals surface area contributed by atoms with Gasteiger partial charge < -0.3 is 4.90 Å². The number of likely N-dealkylation sites (tertiary alicyclic amines) is 1. The maximum Gasteiger partial charge on any atom is 0.138 e. The van der Waals surface area contributed by atoms with Crippen LogP contribution >= 0.6 is 0 Å². The molecule has 3 aromatic heterocycles. The summed E-state index contributed by atoms with van der Waals surface area (Å²) in [4.78, 5) is 16.8. The molecule has 1 fully saturated rings. The van der Waals surface area contributed by atoms with Crippen LogP contribution < -0.4 is 0 Å². The molecule has 0 radical (unpaired) electrons. The first kappa shape index (κ1) is 21.7. The molecule has 5 nitrogen and oxygen atoms in total. The summed E-state index contributed by atoms with van der Waals surface area (Å²) < 4.78 is 15.8. The number of benzene rings is 1. The van der Waals surface area contributed by atoms with Crippen molar-refractivity contribution in [3.8, 4) is 22.6 Å². The van der Waals surface area contributed by atoms with Gasteiger partial charge in [0.05, 0.1) is 17.1 Å². The Kier molecular flexibility index (Phi) is 5.49. The molecule has 4 heterocycles. The molecule has 0 aliphatic carbocycles. The van der Waals surface area contributed by atoms with E-state index in [2.05, 4.69) is 60.4 Å². The quantitative estimate of drug-likeness (QED) is 0.407. The summed E-state index contributed by atoms with van der Waals surface area (Å²) in [5.74, 6) is 1.07. The maximum absolute atomic E-state index is 13.7. The van der Waals surface area contributed by atoms with Gasteiger partial charge in [-0.05, 0) is 86.9 Å². The fourth-order valence-corrected chi connectivity index (χ4v) is 4.56. The first-order chi connectivity index (χ1) is 15.8. The van der Waals surface area contributed by atoms with E-state index in [0.29, 0.717) is 5.92 Å². The number of aromatic nitrogens is 4. The molecule has 1 aliphatic heterocycles. The van der Waals surface area contributed by atoms with Crippen LogP contribution in [0.3, 0.4) is 0 Å². The largest absolute Gasteiger partial charge is 0.306 e. The minimum Gasteiger partial charge on any atom is -0.306 e. The number of pyridine rings is 1. The Morgan fingerprint density at radius 1 is 0.970 bits per heavy atom. The van der Waals surface area contributed by atoms with E-state index in [4.69, 9.17) is 9.97 Å². The van der Waals surface area contributed by atoms with Gasteiger partial charge in [-0.1, -0.05) is 20.8 Å². The number of rotatable bonds is 3. The predicted octanol–water partition coefficient (Wildman–Crippen LogP) is 5.70. The third kappa shape index (κ3) is 4.27. The van der Waals surface area contributed by atoms with Crippen LogP contribution in [0.4, 0.5) is 4.39 Å². The van der Waals surface area contributed by atoms with Gasteiger partial charge in [0, 0.05) is 23.4 Å². The molecule has 4 aromatic rings. The summed E-state index contributed by atoms with van der Waals surface area (Å²) in [7, 11) is 2.18. The number of hydrogen-bond donors (Lipinski definition) is 0. The van der Waals surface area contributed by atoms with Crippen molar-refractivity contribution in [1.82, 2.24) is 24.3 Å². The molecule has 0 amide bonds. The topological polar surface area (TPSA) is 46.3 Å². The van der Waals surface area contributed by atoms with Crippen molar-refractivity contribution in [1.29, 1.82) is 0 Å². The van der Waals surface area contributed by atoms with Gasteiger partial charge in [0.1, 0.15) is 17.3 Å². The van der Waals surface area contributed by atoms with E-state index in [1.54, 1.807) is 12.1 Å². The number of halogens is 1. The SMILES string of the molecule is CN1CCC(c2ccn3c(-c4ccnc(C(C)(C)C)n4)c(-c4ccc(F)cc4)nc3c2)CC1. The molecular formula is C27H30FN5. The van der Waals surface area contributed by atoms with Gasteiger partial charge in [0.15, 0.2) is 0 Å². The number of fused-ring (bicyclic) bond motifs is 1. The van der Waals surface area contributed by atoms with E-state index in [0.717, 1.165) is 60.0 Å². The highest BCUT2D eigenvalue weighted by Gasteiger charge is 2.23. The molecule has 1 aliphatic rings. The Hall–Kier alpha value is -3.12. The van der Waals surface area contributed by atoms with Crippen LogP contribution in [0.1, 0.15) is 50.9 Å². The highest BCUT2D eigenvalue weighted by molar-refractivity contribution is 5.80. The minimum atomic E-state index is -0.259. The summed E-state index contributed by atoms with van der Waals surface area (Å²) in [6, 6.07) is 12.9. The molecule has 5 rings (SSSR count). The molecule has 0 unspecified atom stereocenters. The Morgan fingerprint density at radius 2 is 1.70 bits per heavy atom. The van der Waals surface area contributed by atoms with E-state index < -0.39 is 0 Å². The van der Waals surface area contributed by atoms with Gasteiger partial charge in [-0.15, -0.1) is 0 Å².